The molecular formula is C8H3Br2F5O2. The van der Waals surface area contributed by atoms with Gasteiger partial charge in [-0.1, -0.05) is 0 Å². The Kier molecular flexibility index (Phi) is 4.59. The van der Waals surface area contributed by atoms with Crippen LogP contribution in [-0.2, 0) is 0 Å². The van der Waals surface area contributed by atoms with Crippen LogP contribution in [0, 0.1) is 0 Å². The molecule has 96 valence electrons. The summed E-state index contributed by atoms with van der Waals surface area (Å²) in [5, 5.41) is 0. The van der Waals surface area contributed by atoms with Gasteiger partial charge in [-0.05, 0) is 44.0 Å². The summed E-state index contributed by atoms with van der Waals surface area (Å²) < 4.78 is 67.3. The van der Waals surface area contributed by atoms with E-state index in [0.717, 1.165) is 12.1 Å². The van der Waals surface area contributed by atoms with Crippen molar-refractivity contribution in [2.75, 3.05) is 0 Å². The smallest absolute Gasteiger partial charge is 0.433 e. The summed E-state index contributed by atoms with van der Waals surface area (Å²) in [5.74, 6) is -1.14. The Hall–Kier alpha value is -0.570. The van der Waals surface area contributed by atoms with Gasteiger partial charge in [-0.3, -0.25) is 0 Å². The van der Waals surface area contributed by atoms with Gasteiger partial charge in [0.05, 0.1) is 4.47 Å². The largest absolute Gasteiger partial charge is 0.573 e. The molecule has 0 aliphatic rings. The van der Waals surface area contributed by atoms with Crippen molar-refractivity contribution in [3.8, 4) is 11.5 Å². The average molecular weight is 386 g/mol. The maximum Gasteiger partial charge on any atom is 0.573 e. The molecule has 1 aromatic carbocycles. The number of benzene rings is 1. The molecule has 1 rings (SSSR count). The highest BCUT2D eigenvalue weighted by Gasteiger charge is 2.33. The molecule has 0 aliphatic heterocycles. The normalized spacial score (nSPS) is 11.8. The lowest BCUT2D eigenvalue weighted by atomic mass is 10.3. The highest BCUT2D eigenvalue weighted by atomic mass is 79.9. The van der Waals surface area contributed by atoms with Crippen LogP contribution in [0.3, 0.4) is 0 Å². The van der Waals surface area contributed by atoms with Crippen molar-refractivity contribution in [1.82, 2.24) is 0 Å². The van der Waals surface area contributed by atoms with Gasteiger partial charge in [0.1, 0.15) is 10.2 Å². The lowest BCUT2D eigenvalue weighted by Gasteiger charge is -2.14. The molecule has 0 unspecified atom stereocenters. The maximum atomic E-state index is 12.0. The van der Waals surface area contributed by atoms with Crippen LogP contribution in [0.4, 0.5) is 22.0 Å². The van der Waals surface area contributed by atoms with Crippen molar-refractivity contribution in [2.24, 2.45) is 0 Å². The number of hydrogen-bond acceptors (Lipinski definition) is 2. The second kappa shape index (κ2) is 5.38. The molecule has 0 heterocycles. The third-order valence-electron chi connectivity index (χ3n) is 1.45. The van der Waals surface area contributed by atoms with Gasteiger partial charge in [0, 0.05) is 0 Å². The Morgan fingerprint density at radius 3 is 2.18 bits per heavy atom. The van der Waals surface area contributed by atoms with E-state index in [1.165, 1.54) is 0 Å². The van der Waals surface area contributed by atoms with Gasteiger partial charge in [-0.2, -0.15) is 8.78 Å². The first-order valence-corrected chi connectivity index (χ1v) is 5.48. The van der Waals surface area contributed by atoms with Crippen molar-refractivity contribution in [3.63, 3.8) is 0 Å². The molecule has 17 heavy (non-hydrogen) atoms. The van der Waals surface area contributed by atoms with Gasteiger partial charge in [0.25, 0.3) is 0 Å². The SMILES string of the molecule is FC(F)Oc1ccc(Br)c(OC(F)(F)F)c1Br. The van der Waals surface area contributed by atoms with Crippen molar-refractivity contribution in [2.45, 2.75) is 13.0 Å². The predicted octanol–water partition coefficient (Wildman–Crippen LogP) is 4.71. The van der Waals surface area contributed by atoms with Crippen LogP contribution in [0.1, 0.15) is 0 Å². The first kappa shape index (κ1) is 14.5. The fourth-order valence-electron chi connectivity index (χ4n) is 0.911. The molecule has 0 fully saturated rings. The molecule has 2 nitrogen and oxygen atoms in total. The molecule has 0 amide bonds. The van der Waals surface area contributed by atoms with E-state index < -0.39 is 24.5 Å². The van der Waals surface area contributed by atoms with Crippen LogP contribution >= 0.6 is 31.9 Å². The molecule has 1 aromatic rings. The average Bonchev–Trinajstić information content (AvgIpc) is 2.15. The second-order valence-corrected chi connectivity index (χ2v) is 4.26. The molecule has 0 saturated heterocycles. The van der Waals surface area contributed by atoms with Gasteiger partial charge < -0.3 is 9.47 Å². The van der Waals surface area contributed by atoms with Gasteiger partial charge in [0.15, 0.2) is 5.75 Å². The zero-order valence-electron chi connectivity index (χ0n) is 7.69. The van der Waals surface area contributed by atoms with E-state index in [9.17, 15) is 22.0 Å². The quantitative estimate of drug-likeness (QED) is 0.701. The number of ether oxygens (including phenoxy) is 2. The van der Waals surface area contributed by atoms with Crippen molar-refractivity contribution in [1.29, 1.82) is 0 Å². The Morgan fingerprint density at radius 2 is 1.71 bits per heavy atom. The van der Waals surface area contributed by atoms with Crippen molar-refractivity contribution >= 4 is 31.9 Å². The van der Waals surface area contributed by atoms with E-state index in [1.54, 1.807) is 0 Å². The Bertz CT molecular complexity index is 408. The topological polar surface area (TPSA) is 18.5 Å². The summed E-state index contributed by atoms with van der Waals surface area (Å²) in [7, 11) is 0. The minimum absolute atomic E-state index is 0.0525. The van der Waals surface area contributed by atoms with Crippen LogP contribution < -0.4 is 9.47 Å². The van der Waals surface area contributed by atoms with Crippen molar-refractivity contribution in [3.05, 3.63) is 21.1 Å². The highest BCUT2D eigenvalue weighted by Crippen LogP contribution is 2.42. The second-order valence-electron chi connectivity index (χ2n) is 2.61. The molecule has 0 aromatic heterocycles. The van der Waals surface area contributed by atoms with E-state index in [0.29, 0.717) is 0 Å². The molecule has 0 radical (unpaired) electrons. The van der Waals surface area contributed by atoms with Crippen molar-refractivity contribution < 1.29 is 31.4 Å². The van der Waals surface area contributed by atoms with Crippen LogP contribution in [0.15, 0.2) is 21.1 Å². The fourth-order valence-corrected chi connectivity index (χ4v) is 2.11. The minimum atomic E-state index is -4.94. The fraction of sp³-hybridized carbons (Fsp3) is 0.250. The monoisotopic (exact) mass is 384 g/mol. The Balaban J connectivity index is 3.11. The Morgan fingerprint density at radius 1 is 1.12 bits per heavy atom. The molecule has 0 N–H and O–H groups in total. The van der Waals surface area contributed by atoms with Crippen LogP contribution in [0.5, 0.6) is 11.5 Å². The van der Waals surface area contributed by atoms with Crippen LogP contribution in [0.2, 0.25) is 0 Å². The first-order valence-electron chi connectivity index (χ1n) is 3.89. The summed E-state index contributed by atoms with van der Waals surface area (Å²) in [6, 6.07) is 2.17. The van der Waals surface area contributed by atoms with Crippen LogP contribution in [0.25, 0.3) is 0 Å². The number of halogens is 7. The van der Waals surface area contributed by atoms with E-state index in [4.69, 9.17) is 0 Å². The van der Waals surface area contributed by atoms with Gasteiger partial charge in [0.2, 0.25) is 0 Å². The molecule has 0 spiro atoms. The molecule has 9 heteroatoms. The predicted molar refractivity (Wildman–Crippen MR) is 55.2 cm³/mol. The first-order chi connectivity index (χ1) is 7.70. The summed E-state index contributed by atoms with van der Waals surface area (Å²) in [5.41, 5.74) is 0. The molecule has 0 atom stereocenters. The zero-order valence-corrected chi connectivity index (χ0v) is 10.9. The highest BCUT2D eigenvalue weighted by molar-refractivity contribution is 9.11. The van der Waals surface area contributed by atoms with E-state index in [1.807, 2.05) is 0 Å². The number of rotatable bonds is 3. The van der Waals surface area contributed by atoms with Gasteiger partial charge in [-0.15, -0.1) is 13.2 Å². The maximum absolute atomic E-state index is 12.0. The lowest BCUT2D eigenvalue weighted by Crippen LogP contribution is -2.18. The van der Waals surface area contributed by atoms with E-state index in [2.05, 4.69) is 41.3 Å². The molecule has 0 bridgehead atoms. The number of hydrogen-bond donors (Lipinski definition) is 0. The lowest BCUT2D eigenvalue weighted by molar-refractivity contribution is -0.275. The third-order valence-corrected chi connectivity index (χ3v) is 2.82. The number of alkyl halides is 5. The third kappa shape index (κ3) is 4.30. The molecule has 0 saturated carbocycles. The standard InChI is InChI=1S/C8H3Br2F5O2/c9-3-1-2-4(16-7(11)12)5(10)6(3)17-8(13,14)15/h1-2,7H. The summed E-state index contributed by atoms with van der Waals surface area (Å²) in [6.07, 6.45) is -4.94. The summed E-state index contributed by atoms with van der Waals surface area (Å²) in [6.45, 7) is -3.15. The molecular weight excluding hydrogens is 383 g/mol. The van der Waals surface area contributed by atoms with E-state index in [-0.39, 0.29) is 8.95 Å². The van der Waals surface area contributed by atoms with Gasteiger partial charge in [-0.25, -0.2) is 0 Å². The zero-order chi connectivity index (χ0) is 13.2. The van der Waals surface area contributed by atoms with Gasteiger partial charge >= 0.3 is 13.0 Å². The van der Waals surface area contributed by atoms with Crippen LogP contribution in [-0.4, -0.2) is 13.0 Å². The molecule has 0 aliphatic carbocycles. The van der Waals surface area contributed by atoms with E-state index >= 15 is 0 Å². The summed E-state index contributed by atoms with van der Waals surface area (Å²) >= 11 is 5.50. The Labute approximate surface area is 109 Å². The summed E-state index contributed by atoms with van der Waals surface area (Å²) in [4.78, 5) is 0. The minimum Gasteiger partial charge on any atom is -0.433 e.